The van der Waals surface area contributed by atoms with E-state index in [9.17, 15) is 8.42 Å². The first kappa shape index (κ1) is 11.8. The summed E-state index contributed by atoms with van der Waals surface area (Å²) in [6, 6.07) is 0. The van der Waals surface area contributed by atoms with Crippen LogP contribution in [0.4, 0.5) is 0 Å². The van der Waals surface area contributed by atoms with Gasteiger partial charge in [0.2, 0.25) is 15.3 Å². The van der Waals surface area contributed by atoms with Crippen molar-refractivity contribution in [3.63, 3.8) is 0 Å². The Labute approximate surface area is 99.3 Å². The lowest BCUT2D eigenvalue weighted by Gasteiger charge is -2.04. The average molecular weight is 262 g/mol. The van der Waals surface area contributed by atoms with Crippen molar-refractivity contribution in [2.24, 2.45) is 11.8 Å². The first-order valence-corrected chi connectivity index (χ1v) is 6.82. The summed E-state index contributed by atoms with van der Waals surface area (Å²) in [4.78, 5) is 7.32. The molecule has 88 valence electrons. The molecule has 1 N–H and O–H groups in total. The fourth-order valence-corrected chi connectivity index (χ4v) is 2.50. The molecule has 16 heavy (non-hydrogen) atoms. The number of aromatic nitrogens is 2. The minimum absolute atomic E-state index is 0.0368. The molecule has 0 spiro atoms. The maximum atomic E-state index is 11.7. The highest BCUT2D eigenvalue weighted by Crippen LogP contribution is 2.36. The zero-order valence-electron chi connectivity index (χ0n) is 8.72. The van der Waals surface area contributed by atoms with E-state index in [-0.39, 0.29) is 10.2 Å². The van der Waals surface area contributed by atoms with Gasteiger partial charge in [0.25, 0.3) is 0 Å². The van der Waals surface area contributed by atoms with Gasteiger partial charge in [0, 0.05) is 6.54 Å². The van der Waals surface area contributed by atoms with Crippen molar-refractivity contribution in [2.75, 3.05) is 6.54 Å². The van der Waals surface area contributed by atoms with E-state index < -0.39 is 10.0 Å². The zero-order chi connectivity index (χ0) is 11.8. The molecule has 1 heterocycles. The van der Waals surface area contributed by atoms with E-state index in [1.165, 1.54) is 12.4 Å². The SMILES string of the molecule is CC1CC1CNS(=O)(=O)c1cnc(Cl)nc1. The van der Waals surface area contributed by atoms with E-state index in [4.69, 9.17) is 11.6 Å². The Morgan fingerprint density at radius 1 is 1.50 bits per heavy atom. The number of sulfonamides is 1. The Morgan fingerprint density at radius 2 is 2.06 bits per heavy atom. The number of halogens is 1. The van der Waals surface area contributed by atoms with Gasteiger partial charge in [-0.1, -0.05) is 6.92 Å². The van der Waals surface area contributed by atoms with E-state index in [0.717, 1.165) is 6.42 Å². The molecule has 2 atom stereocenters. The molecule has 0 aromatic carbocycles. The first-order chi connectivity index (χ1) is 7.49. The van der Waals surface area contributed by atoms with Crippen LogP contribution in [0, 0.1) is 11.8 Å². The summed E-state index contributed by atoms with van der Waals surface area (Å²) in [7, 11) is -3.49. The number of hydrogen-bond acceptors (Lipinski definition) is 4. The van der Waals surface area contributed by atoms with E-state index >= 15 is 0 Å². The molecule has 0 amide bonds. The molecule has 5 nitrogen and oxygen atoms in total. The van der Waals surface area contributed by atoms with Crippen LogP contribution < -0.4 is 4.72 Å². The van der Waals surface area contributed by atoms with Gasteiger partial charge in [-0.3, -0.25) is 0 Å². The third-order valence-electron chi connectivity index (χ3n) is 2.72. The molecule has 0 radical (unpaired) electrons. The van der Waals surface area contributed by atoms with Crippen molar-refractivity contribution in [1.82, 2.24) is 14.7 Å². The molecular weight excluding hydrogens is 250 g/mol. The number of rotatable bonds is 4. The number of hydrogen-bond donors (Lipinski definition) is 1. The number of nitrogens with zero attached hydrogens (tertiary/aromatic N) is 2. The van der Waals surface area contributed by atoms with Gasteiger partial charge in [-0.2, -0.15) is 0 Å². The van der Waals surface area contributed by atoms with E-state index in [2.05, 4.69) is 21.6 Å². The van der Waals surface area contributed by atoms with Gasteiger partial charge >= 0.3 is 0 Å². The normalized spacial score (nSPS) is 24.4. The highest BCUT2D eigenvalue weighted by Gasteiger charge is 2.33. The maximum Gasteiger partial charge on any atom is 0.243 e. The molecule has 7 heteroatoms. The summed E-state index contributed by atoms with van der Waals surface area (Å²) in [6.45, 7) is 2.58. The standard InChI is InChI=1S/C9H12ClN3O2S/c1-6-2-7(6)3-13-16(14,15)8-4-11-9(10)12-5-8/h4-7,13H,2-3H2,1H3. The third kappa shape index (κ3) is 2.69. The van der Waals surface area contributed by atoms with Crippen LogP contribution in [-0.4, -0.2) is 24.9 Å². The fraction of sp³-hybridized carbons (Fsp3) is 0.556. The molecular formula is C9H12ClN3O2S. The molecule has 1 saturated carbocycles. The van der Waals surface area contributed by atoms with Crippen LogP contribution in [-0.2, 0) is 10.0 Å². The monoisotopic (exact) mass is 261 g/mol. The van der Waals surface area contributed by atoms with Crippen LogP contribution in [0.5, 0.6) is 0 Å². The maximum absolute atomic E-state index is 11.7. The average Bonchev–Trinajstić information content (AvgIpc) is 2.93. The van der Waals surface area contributed by atoms with Crippen molar-refractivity contribution < 1.29 is 8.42 Å². The van der Waals surface area contributed by atoms with Gasteiger partial charge in [-0.15, -0.1) is 0 Å². The second-order valence-corrected chi connectivity index (χ2v) is 6.12. The summed E-state index contributed by atoms with van der Waals surface area (Å²) in [5, 5.41) is 0.0368. The van der Waals surface area contributed by atoms with E-state index in [1.54, 1.807) is 0 Å². The largest absolute Gasteiger partial charge is 0.243 e. The van der Waals surface area contributed by atoms with Crippen LogP contribution >= 0.6 is 11.6 Å². The van der Waals surface area contributed by atoms with Crippen LogP contribution in [0.1, 0.15) is 13.3 Å². The van der Waals surface area contributed by atoms with E-state index in [1.807, 2.05) is 0 Å². The molecule has 0 aliphatic heterocycles. The lowest BCUT2D eigenvalue weighted by Crippen LogP contribution is -2.26. The quantitative estimate of drug-likeness (QED) is 0.823. The van der Waals surface area contributed by atoms with Gasteiger partial charge in [0.15, 0.2) is 0 Å². The van der Waals surface area contributed by atoms with Crippen LogP contribution in [0.15, 0.2) is 17.3 Å². The van der Waals surface area contributed by atoms with Crippen LogP contribution in [0.2, 0.25) is 5.28 Å². The predicted molar refractivity (Wildman–Crippen MR) is 59.5 cm³/mol. The molecule has 1 aliphatic rings. The van der Waals surface area contributed by atoms with Crippen LogP contribution in [0.25, 0.3) is 0 Å². The lowest BCUT2D eigenvalue weighted by atomic mass is 10.3. The first-order valence-electron chi connectivity index (χ1n) is 4.96. The number of nitrogens with one attached hydrogen (secondary N) is 1. The Kier molecular flexibility index (Phi) is 3.14. The predicted octanol–water partition coefficient (Wildman–Crippen LogP) is 1.06. The molecule has 1 fully saturated rings. The van der Waals surface area contributed by atoms with Gasteiger partial charge < -0.3 is 0 Å². The van der Waals surface area contributed by atoms with Crippen molar-refractivity contribution in [3.05, 3.63) is 17.7 Å². The second kappa shape index (κ2) is 4.27. The zero-order valence-corrected chi connectivity index (χ0v) is 10.3. The fourth-order valence-electron chi connectivity index (χ4n) is 1.42. The van der Waals surface area contributed by atoms with Crippen molar-refractivity contribution in [2.45, 2.75) is 18.2 Å². The Hall–Kier alpha value is -0.720. The van der Waals surface area contributed by atoms with Crippen LogP contribution in [0.3, 0.4) is 0 Å². The van der Waals surface area contributed by atoms with E-state index in [0.29, 0.717) is 18.4 Å². The topological polar surface area (TPSA) is 72.0 Å². The Morgan fingerprint density at radius 3 is 2.56 bits per heavy atom. The highest BCUT2D eigenvalue weighted by atomic mass is 35.5. The molecule has 0 saturated heterocycles. The Bertz CT molecular complexity index is 474. The third-order valence-corrected chi connectivity index (χ3v) is 4.29. The second-order valence-electron chi connectivity index (χ2n) is 4.01. The molecule has 2 unspecified atom stereocenters. The van der Waals surface area contributed by atoms with Crippen molar-refractivity contribution >= 4 is 21.6 Å². The summed E-state index contributed by atoms with van der Waals surface area (Å²) in [5.41, 5.74) is 0. The molecule has 1 aromatic rings. The van der Waals surface area contributed by atoms with Gasteiger partial charge in [0.1, 0.15) is 4.90 Å². The van der Waals surface area contributed by atoms with Gasteiger partial charge in [-0.05, 0) is 29.9 Å². The van der Waals surface area contributed by atoms with Crippen molar-refractivity contribution in [1.29, 1.82) is 0 Å². The minimum atomic E-state index is -3.49. The molecule has 0 bridgehead atoms. The van der Waals surface area contributed by atoms with Gasteiger partial charge in [0.05, 0.1) is 12.4 Å². The molecule has 1 aliphatic carbocycles. The minimum Gasteiger partial charge on any atom is -0.225 e. The van der Waals surface area contributed by atoms with Gasteiger partial charge in [-0.25, -0.2) is 23.1 Å². The van der Waals surface area contributed by atoms with Crippen molar-refractivity contribution in [3.8, 4) is 0 Å². The lowest BCUT2D eigenvalue weighted by molar-refractivity contribution is 0.573. The summed E-state index contributed by atoms with van der Waals surface area (Å²) < 4.78 is 26.0. The molecule has 2 rings (SSSR count). The summed E-state index contributed by atoms with van der Waals surface area (Å²) in [5.74, 6) is 1.08. The Balaban J connectivity index is 2.03. The summed E-state index contributed by atoms with van der Waals surface area (Å²) >= 11 is 5.48. The highest BCUT2D eigenvalue weighted by molar-refractivity contribution is 7.89. The molecule has 1 aromatic heterocycles. The summed E-state index contributed by atoms with van der Waals surface area (Å²) in [6.07, 6.45) is 3.49. The smallest absolute Gasteiger partial charge is 0.225 e.